The number of furan rings is 1. The number of rotatable bonds is 7. The lowest BCUT2D eigenvalue weighted by molar-refractivity contribution is 0.0696. The third-order valence-corrected chi connectivity index (χ3v) is 3.72. The van der Waals surface area contributed by atoms with Gasteiger partial charge in [-0.1, -0.05) is 22.0 Å². The van der Waals surface area contributed by atoms with Crippen molar-refractivity contribution in [2.24, 2.45) is 0 Å². The van der Waals surface area contributed by atoms with Gasteiger partial charge in [0.05, 0.1) is 12.7 Å². The Kier molecular flexibility index (Phi) is 5.81. The van der Waals surface area contributed by atoms with Crippen molar-refractivity contribution in [1.82, 2.24) is 5.32 Å². The zero-order valence-electron chi connectivity index (χ0n) is 12.5. The van der Waals surface area contributed by atoms with Gasteiger partial charge in [0.2, 0.25) is 0 Å². The molecule has 7 heteroatoms. The molecule has 2 N–H and O–H groups in total. The Balaban J connectivity index is 1.83. The molecule has 6 nitrogen and oxygen atoms in total. The largest absolute Gasteiger partial charge is 0.496 e. The third kappa shape index (κ3) is 4.59. The van der Waals surface area contributed by atoms with Crippen LogP contribution in [0.15, 0.2) is 39.4 Å². The molecule has 0 aliphatic carbocycles. The molecule has 0 bridgehead atoms. The highest BCUT2D eigenvalue weighted by molar-refractivity contribution is 9.10. The minimum Gasteiger partial charge on any atom is -0.496 e. The maximum atomic E-state index is 11.8. The topological polar surface area (TPSA) is 88.8 Å². The van der Waals surface area contributed by atoms with Crippen molar-refractivity contribution in [2.45, 2.75) is 12.8 Å². The van der Waals surface area contributed by atoms with Gasteiger partial charge in [0, 0.05) is 17.1 Å². The van der Waals surface area contributed by atoms with Crippen molar-refractivity contribution >= 4 is 27.8 Å². The number of hydrogen-bond donors (Lipinski definition) is 2. The highest BCUT2D eigenvalue weighted by Gasteiger charge is 2.14. The molecule has 0 unspecified atom stereocenters. The first-order chi connectivity index (χ1) is 11.0. The molecule has 0 saturated carbocycles. The molecule has 2 aromatic rings. The summed E-state index contributed by atoms with van der Waals surface area (Å²) in [7, 11) is 1.62. The van der Waals surface area contributed by atoms with Gasteiger partial charge in [0.1, 0.15) is 12.0 Å². The zero-order chi connectivity index (χ0) is 16.8. The number of aromatic carboxylic acids is 1. The third-order valence-electron chi connectivity index (χ3n) is 3.23. The Labute approximate surface area is 141 Å². The molecule has 0 saturated heterocycles. The van der Waals surface area contributed by atoms with Crippen LogP contribution in [-0.2, 0) is 6.42 Å². The number of halogens is 1. The van der Waals surface area contributed by atoms with Crippen molar-refractivity contribution in [3.63, 3.8) is 0 Å². The smallest absolute Gasteiger partial charge is 0.338 e. The molecule has 0 aliphatic heterocycles. The number of carboxylic acid groups (broad SMARTS) is 1. The van der Waals surface area contributed by atoms with E-state index in [0.717, 1.165) is 34.9 Å². The van der Waals surface area contributed by atoms with Gasteiger partial charge in [-0.3, -0.25) is 4.79 Å². The maximum absolute atomic E-state index is 11.8. The second-order valence-electron chi connectivity index (χ2n) is 4.82. The summed E-state index contributed by atoms with van der Waals surface area (Å²) >= 11 is 3.39. The summed E-state index contributed by atoms with van der Waals surface area (Å²) in [6.07, 6.45) is 2.51. The quantitative estimate of drug-likeness (QED) is 0.719. The number of carbonyl (C=O) groups excluding carboxylic acids is 1. The molecule has 0 fully saturated rings. The molecule has 1 aromatic heterocycles. The molecule has 1 amide bonds. The lowest BCUT2D eigenvalue weighted by Crippen LogP contribution is -2.24. The number of aryl methyl sites for hydroxylation is 1. The van der Waals surface area contributed by atoms with E-state index in [2.05, 4.69) is 21.2 Å². The van der Waals surface area contributed by atoms with E-state index in [-0.39, 0.29) is 11.3 Å². The summed E-state index contributed by atoms with van der Waals surface area (Å²) in [5.41, 5.74) is 1.01. The molecule has 122 valence electrons. The Morgan fingerprint density at radius 2 is 2.13 bits per heavy atom. The predicted molar refractivity (Wildman–Crippen MR) is 87.0 cm³/mol. The van der Waals surface area contributed by atoms with E-state index in [4.69, 9.17) is 14.3 Å². The summed E-state index contributed by atoms with van der Waals surface area (Å²) in [6, 6.07) is 7.00. The van der Waals surface area contributed by atoms with E-state index >= 15 is 0 Å². The van der Waals surface area contributed by atoms with Gasteiger partial charge in [-0.25, -0.2) is 4.79 Å². The number of carbonyl (C=O) groups is 2. The Bertz CT molecular complexity index is 710. The minimum absolute atomic E-state index is 0.0105. The summed E-state index contributed by atoms with van der Waals surface area (Å²) in [5, 5.41) is 11.5. The first-order valence-electron chi connectivity index (χ1n) is 6.93. The van der Waals surface area contributed by atoms with Crippen LogP contribution in [0.5, 0.6) is 5.75 Å². The second-order valence-corrected chi connectivity index (χ2v) is 5.74. The van der Waals surface area contributed by atoms with Gasteiger partial charge in [-0.05, 0) is 30.5 Å². The second kappa shape index (κ2) is 7.82. The van der Waals surface area contributed by atoms with Crippen molar-refractivity contribution in [3.05, 3.63) is 51.9 Å². The number of methoxy groups -OCH3 is 1. The van der Waals surface area contributed by atoms with Gasteiger partial charge in [-0.2, -0.15) is 0 Å². The molecule has 0 aliphatic rings. The Morgan fingerprint density at radius 1 is 1.35 bits per heavy atom. The average molecular weight is 382 g/mol. The molecule has 23 heavy (non-hydrogen) atoms. The van der Waals surface area contributed by atoms with Gasteiger partial charge in [0.15, 0.2) is 5.76 Å². The van der Waals surface area contributed by atoms with Crippen LogP contribution < -0.4 is 10.1 Å². The molecule has 0 radical (unpaired) electrons. The number of amides is 1. The predicted octanol–water partition coefficient (Wildman–Crippen LogP) is 3.11. The normalized spacial score (nSPS) is 10.3. The van der Waals surface area contributed by atoms with E-state index in [9.17, 15) is 9.59 Å². The minimum atomic E-state index is -1.13. The lowest BCUT2D eigenvalue weighted by Gasteiger charge is -2.09. The number of hydrogen-bond acceptors (Lipinski definition) is 4. The van der Waals surface area contributed by atoms with Crippen molar-refractivity contribution in [2.75, 3.05) is 13.7 Å². The molecule has 2 rings (SSSR count). The van der Waals surface area contributed by atoms with Crippen molar-refractivity contribution in [3.8, 4) is 5.75 Å². The van der Waals surface area contributed by atoms with E-state index < -0.39 is 11.9 Å². The van der Waals surface area contributed by atoms with Crippen molar-refractivity contribution < 1.29 is 23.8 Å². The van der Waals surface area contributed by atoms with Crippen LogP contribution in [0.25, 0.3) is 0 Å². The fourth-order valence-electron chi connectivity index (χ4n) is 2.06. The number of benzene rings is 1. The van der Waals surface area contributed by atoms with Crippen LogP contribution in [0.1, 0.15) is 32.9 Å². The lowest BCUT2D eigenvalue weighted by atomic mass is 10.1. The zero-order valence-corrected chi connectivity index (χ0v) is 14.1. The first-order valence-corrected chi connectivity index (χ1v) is 7.73. The standard InChI is InChI=1S/C16H16BrNO5/c1-22-13-8-12(17)5-4-10(13)3-2-6-18-15(19)14-7-11(9-23-14)16(20)21/h4-5,7-9H,2-3,6H2,1H3,(H,18,19)(H,20,21). The molecular formula is C16H16BrNO5. The first kappa shape index (κ1) is 17.1. The van der Waals surface area contributed by atoms with Crippen LogP contribution in [-0.4, -0.2) is 30.6 Å². The SMILES string of the molecule is COc1cc(Br)ccc1CCCNC(=O)c1cc(C(=O)O)co1. The van der Waals surface area contributed by atoms with E-state index in [0.29, 0.717) is 6.54 Å². The monoisotopic (exact) mass is 381 g/mol. The number of carboxylic acids is 1. The van der Waals surface area contributed by atoms with Gasteiger partial charge >= 0.3 is 5.97 Å². The van der Waals surface area contributed by atoms with E-state index in [1.54, 1.807) is 7.11 Å². The van der Waals surface area contributed by atoms with E-state index in [1.807, 2.05) is 18.2 Å². The van der Waals surface area contributed by atoms with Crippen LogP contribution in [0, 0.1) is 0 Å². The van der Waals surface area contributed by atoms with Gasteiger partial charge in [-0.15, -0.1) is 0 Å². The Hall–Kier alpha value is -2.28. The molecule has 1 heterocycles. The molecule has 0 spiro atoms. The van der Waals surface area contributed by atoms with Crippen molar-refractivity contribution in [1.29, 1.82) is 0 Å². The molecule has 1 aromatic carbocycles. The summed E-state index contributed by atoms with van der Waals surface area (Å²) in [6.45, 7) is 0.446. The fourth-order valence-corrected chi connectivity index (χ4v) is 2.40. The highest BCUT2D eigenvalue weighted by atomic mass is 79.9. The fraction of sp³-hybridized carbons (Fsp3) is 0.250. The van der Waals surface area contributed by atoms with E-state index in [1.165, 1.54) is 6.07 Å². The Morgan fingerprint density at radius 3 is 2.78 bits per heavy atom. The number of nitrogens with one attached hydrogen (secondary N) is 1. The average Bonchev–Trinajstić information content (AvgIpc) is 3.02. The summed E-state index contributed by atoms with van der Waals surface area (Å²) < 4.78 is 11.2. The molecule has 0 atom stereocenters. The van der Waals surface area contributed by atoms with Crippen LogP contribution in [0.4, 0.5) is 0 Å². The highest BCUT2D eigenvalue weighted by Crippen LogP contribution is 2.24. The van der Waals surface area contributed by atoms with Gasteiger partial charge in [0.25, 0.3) is 5.91 Å². The summed E-state index contributed by atoms with van der Waals surface area (Å²) in [4.78, 5) is 22.6. The summed E-state index contributed by atoms with van der Waals surface area (Å²) in [5.74, 6) is -0.776. The maximum Gasteiger partial charge on any atom is 0.338 e. The van der Waals surface area contributed by atoms with Crippen LogP contribution in [0.3, 0.4) is 0 Å². The van der Waals surface area contributed by atoms with Crippen LogP contribution >= 0.6 is 15.9 Å². The number of ether oxygens (including phenoxy) is 1. The van der Waals surface area contributed by atoms with Crippen LogP contribution in [0.2, 0.25) is 0 Å². The molecular weight excluding hydrogens is 366 g/mol. The van der Waals surface area contributed by atoms with Gasteiger partial charge < -0.3 is 19.6 Å².